The molecule has 0 saturated carbocycles. The maximum Gasteiger partial charge on any atom is 0.257 e. The van der Waals surface area contributed by atoms with Crippen LogP contribution in [-0.4, -0.2) is 4.98 Å². The van der Waals surface area contributed by atoms with Gasteiger partial charge in [-0.15, -0.1) is 0 Å². The number of oxazole rings is 1. The highest BCUT2D eigenvalue weighted by Gasteiger charge is 2.12. The minimum atomic E-state index is 0.705. The number of thioether (sulfide) groups is 1. The molecule has 4 rings (SSSR count). The predicted molar refractivity (Wildman–Crippen MR) is 86.4 cm³/mol. The molecule has 1 aliphatic rings. The summed E-state index contributed by atoms with van der Waals surface area (Å²) in [5.41, 5.74) is 12.5. The maximum atomic E-state index is 5.76. The fourth-order valence-electron chi connectivity index (χ4n) is 2.85. The van der Waals surface area contributed by atoms with E-state index in [9.17, 15) is 0 Å². The Balaban J connectivity index is 1.52. The molecule has 0 unspecified atom stereocenters. The Kier molecular flexibility index (Phi) is 3.11. The van der Waals surface area contributed by atoms with Crippen molar-refractivity contribution < 1.29 is 4.42 Å². The minimum Gasteiger partial charge on any atom is -0.431 e. The molecule has 0 aliphatic heterocycles. The smallest absolute Gasteiger partial charge is 0.257 e. The lowest BCUT2D eigenvalue weighted by Gasteiger charge is -2.03. The van der Waals surface area contributed by atoms with Crippen molar-refractivity contribution in [2.45, 2.75) is 30.2 Å². The van der Waals surface area contributed by atoms with E-state index in [2.05, 4.69) is 23.2 Å². The lowest BCUT2D eigenvalue weighted by molar-refractivity contribution is 0.489. The molecule has 1 aromatic heterocycles. The molecule has 0 bridgehead atoms. The zero-order valence-corrected chi connectivity index (χ0v) is 12.5. The van der Waals surface area contributed by atoms with Crippen molar-refractivity contribution in [2.24, 2.45) is 0 Å². The molecule has 0 atom stereocenters. The van der Waals surface area contributed by atoms with Gasteiger partial charge in [-0.2, -0.15) is 0 Å². The van der Waals surface area contributed by atoms with Crippen LogP contribution in [0.4, 0.5) is 5.69 Å². The van der Waals surface area contributed by atoms with Gasteiger partial charge in [0, 0.05) is 11.4 Å². The Bertz CT molecular complexity index is 810. The Hall–Kier alpha value is -1.94. The van der Waals surface area contributed by atoms with Crippen LogP contribution in [0.25, 0.3) is 11.1 Å². The zero-order valence-electron chi connectivity index (χ0n) is 11.6. The average Bonchev–Trinajstić information content (AvgIpc) is 3.09. The maximum absolute atomic E-state index is 5.76. The summed E-state index contributed by atoms with van der Waals surface area (Å²) in [4.78, 5) is 4.48. The van der Waals surface area contributed by atoms with Crippen molar-refractivity contribution in [3.05, 3.63) is 53.1 Å². The Morgan fingerprint density at radius 3 is 2.95 bits per heavy atom. The third-order valence-corrected chi connectivity index (χ3v) is 4.82. The number of nitrogen functional groups attached to an aromatic ring is 1. The summed E-state index contributed by atoms with van der Waals surface area (Å²) in [7, 11) is 0. The third kappa shape index (κ3) is 2.51. The van der Waals surface area contributed by atoms with Gasteiger partial charge in [0.1, 0.15) is 5.52 Å². The van der Waals surface area contributed by atoms with Crippen LogP contribution in [0.15, 0.2) is 46.0 Å². The van der Waals surface area contributed by atoms with Gasteiger partial charge in [-0.25, -0.2) is 4.98 Å². The van der Waals surface area contributed by atoms with E-state index in [4.69, 9.17) is 10.2 Å². The van der Waals surface area contributed by atoms with E-state index in [1.54, 1.807) is 11.8 Å². The molecule has 1 aliphatic carbocycles. The van der Waals surface area contributed by atoms with Gasteiger partial charge in [0.15, 0.2) is 5.58 Å². The molecule has 106 valence electrons. The number of nitrogens with two attached hydrogens (primary N) is 1. The number of fused-ring (bicyclic) bond motifs is 2. The summed E-state index contributed by atoms with van der Waals surface area (Å²) in [5, 5.41) is 0.705. The average molecular weight is 296 g/mol. The SMILES string of the molecule is Nc1ccc2oc(SCc3ccc4c(c3)CCC4)nc2c1. The Labute approximate surface area is 127 Å². The Morgan fingerprint density at radius 1 is 1.10 bits per heavy atom. The van der Waals surface area contributed by atoms with E-state index in [0.717, 1.165) is 16.9 Å². The topological polar surface area (TPSA) is 52.0 Å². The fraction of sp³-hybridized carbons (Fsp3) is 0.235. The molecule has 0 radical (unpaired) electrons. The zero-order chi connectivity index (χ0) is 14.2. The second-order valence-corrected chi connectivity index (χ2v) is 6.38. The summed E-state index contributed by atoms with van der Waals surface area (Å²) >= 11 is 1.63. The quantitative estimate of drug-likeness (QED) is 0.581. The molecule has 1 heterocycles. The van der Waals surface area contributed by atoms with Crippen LogP contribution in [0.2, 0.25) is 0 Å². The first kappa shape index (κ1) is 12.8. The predicted octanol–water partition coefficient (Wildman–Crippen LogP) is 4.19. The summed E-state index contributed by atoms with van der Waals surface area (Å²) in [6.45, 7) is 0. The lowest BCUT2D eigenvalue weighted by atomic mass is 10.1. The van der Waals surface area contributed by atoms with E-state index < -0.39 is 0 Å². The van der Waals surface area contributed by atoms with Gasteiger partial charge in [0.2, 0.25) is 0 Å². The molecular formula is C17H16N2OS. The molecule has 0 amide bonds. The van der Waals surface area contributed by atoms with Crippen LogP contribution in [0.1, 0.15) is 23.1 Å². The van der Waals surface area contributed by atoms with Gasteiger partial charge < -0.3 is 10.2 Å². The van der Waals surface area contributed by atoms with Crippen molar-refractivity contribution in [1.82, 2.24) is 4.98 Å². The largest absolute Gasteiger partial charge is 0.431 e. The third-order valence-electron chi connectivity index (χ3n) is 3.92. The highest BCUT2D eigenvalue weighted by Crippen LogP contribution is 2.29. The lowest BCUT2D eigenvalue weighted by Crippen LogP contribution is -1.86. The number of hydrogen-bond donors (Lipinski definition) is 1. The fourth-order valence-corrected chi connectivity index (χ4v) is 3.63. The first-order valence-electron chi connectivity index (χ1n) is 7.17. The highest BCUT2D eigenvalue weighted by atomic mass is 32.2. The van der Waals surface area contributed by atoms with Crippen molar-refractivity contribution in [3.63, 3.8) is 0 Å². The summed E-state index contributed by atoms with van der Waals surface area (Å²) in [5.74, 6) is 0.885. The van der Waals surface area contributed by atoms with E-state index in [-0.39, 0.29) is 0 Å². The molecule has 2 aromatic carbocycles. The minimum absolute atomic E-state index is 0.705. The molecule has 2 N–H and O–H groups in total. The summed E-state index contributed by atoms with van der Waals surface area (Å²) in [6.07, 6.45) is 3.74. The standard InChI is InChI=1S/C17H16N2OS/c18-14-6-7-16-15(9-14)19-17(20-16)21-10-11-4-5-12-2-1-3-13(12)8-11/h4-9H,1-3,10,18H2. The second kappa shape index (κ2) is 5.11. The van der Waals surface area contributed by atoms with Crippen LogP contribution in [0.3, 0.4) is 0 Å². The van der Waals surface area contributed by atoms with Crippen LogP contribution in [-0.2, 0) is 18.6 Å². The first-order chi connectivity index (χ1) is 10.3. The molecule has 3 aromatic rings. The molecule has 0 spiro atoms. The van der Waals surface area contributed by atoms with Crippen LogP contribution >= 0.6 is 11.8 Å². The first-order valence-corrected chi connectivity index (χ1v) is 8.16. The normalized spacial score (nSPS) is 13.7. The molecule has 4 heteroatoms. The van der Waals surface area contributed by atoms with E-state index >= 15 is 0 Å². The number of rotatable bonds is 3. The van der Waals surface area contributed by atoms with E-state index in [0.29, 0.717) is 10.9 Å². The molecule has 21 heavy (non-hydrogen) atoms. The number of aromatic nitrogens is 1. The van der Waals surface area contributed by atoms with Gasteiger partial charge >= 0.3 is 0 Å². The second-order valence-electron chi connectivity index (χ2n) is 5.45. The molecular weight excluding hydrogens is 280 g/mol. The van der Waals surface area contributed by atoms with Gasteiger partial charge in [-0.1, -0.05) is 30.0 Å². The summed E-state index contributed by atoms with van der Waals surface area (Å²) in [6, 6.07) is 12.4. The van der Waals surface area contributed by atoms with Gasteiger partial charge in [0.25, 0.3) is 5.22 Å². The monoisotopic (exact) mass is 296 g/mol. The number of benzene rings is 2. The van der Waals surface area contributed by atoms with Crippen LogP contribution in [0.5, 0.6) is 0 Å². The summed E-state index contributed by atoms with van der Waals surface area (Å²) < 4.78 is 5.73. The van der Waals surface area contributed by atoms with Gasteiger partial charge in [0.05, 0.1) is 0 Å². The van der Waals surface area contributed by atoms with Gasteiger partial charge in [-0.3, -0.25) is 0 Å². The number of aryl methyl sites for hydroxylation is 2. The number of anilines is 1. The molecule has 0 saturated heterocycles. The highest BCUT2D eigenvalue weighted by molar-refractivity contribution is 7.98. The molecule has 3 nitrogen and oxygen atoms in total. The van der Waals surface area contributed by atoms with E-state index in [1.165, 1.54) is 36.0 Å². The molecule has 0 fully saturated rings. The van der Waals surface area contributed by atoms with Crippen LogP contribution in [0, 0.1) is 0 Å². The van der Waals surface area contributed by atoms with Crippen molar-refractivity contribution in [3.8, 4) is 0 Å². The van der Waals surface area contributed by atoms with Crippen molar-refractivity contribution >= 4 is 28.5 Å². The number of nitrogens with zero attached hydrogens (tertiary/aromatic N) is 1. The van der Waals surface area contributed by atoms with Crippen molar-refractivity contribution in [1.29, 1.82) is 0 Å². The number of hydrogen-bond acceptors (Lipinski definition) is 4. The van der Waals surface area contributed by atoms with Crippen molar-refractivity contribution in [2.75, 3.05) is 5.73 Å². The Morgan fingerprint density at radius 2 is 2.00 bits per heavy atom. The van der Waals surface area contributed by atoms with Gasteiger partial charge in [-0.05, 0) is 54.2 Å². The van der Waals surface area contributed by atoms with E-state index in [1.807, 2.05) is 18.2 Å². The van der Waals surface area contributed by atoms with Crippen LogP contribution < -0.4 is 5.73 Å².